The third kappa shape index (κ3) is 2.29. The van der Waals surface area contributed by atoms with Gasteiger partial charge in [0.2, 0.25) is 0 Å². The Kier molecular flexibility index (Phi) is 2.87. The molecule has 2 unspecified atom stereocenters. The van der Waals surface area contributed by atoms with E-state index in [9.17, 15) is 10.1 Å². The lowest BCUT2D eigenvalue weighted by molar-refractivity contribution is -0.172. The summed E-state index contributed by atoms with van der Waals surface area (Å²) >= 11 is 0. The summed E-state index contributed by atoms with van der Waals surface area (Å²) in [5.74, 6) is -0.882. The zero-order valence-electron chi connectivity index (χ0n) is 13.2. The topological polar surface area (TPSA) is 61.1 Å². The van der Waals surface area contributed by atoms with Crippen LogP contribution in [0.3, 0.4) is 0 Å². The first-order valence-electron chi connectivity index (χ1n) is 7.95. The monoisotopic (exact) mass is 287 g/mol. The summed E-state index contributed by atoms with van der Waals surface area (Å²) in [6.07, 6.45) is 8.02. The number of hydrogen-bond donors (Lipinski definition) is 1. The number of aliphatic carboxylic acids is 1. The van der Waals surface area contributed by atoms with Gasteiger partial charge in [-0.2, -0.15) is 5.26 Å². The van der Waals surface area contributed by atoms with Crippen LogP contribution in [-0.2, 0) is 4.79 Å². The van der Waals surface area contributed by atoms with Crippen LogP contribution in [0.15, 0.2) is 12.2 Å². The number of carboxylic acid groups (broad SMARTS) is 1. The van der Waals surface area contributed by atoms with Crippen LogP contribution in [-0.4, -0.2) is 11.1 Å². The van der Waals surface area contributed by atoms with Crippen molar-refractivity contribution in [2.45, 2.75) is 65.2 Å². The van der Waals surface area contributed by atoms with E-state index in [1.807, 2.05) is 0 Å². The Balaban J connectivity index is 1.88. The first-order chi connectivity index (χ1) is 9.63. The lowest BCUT2D eigenvalue weighted by atomic mass is 9.36. The molecule has 0 aromatic rings. The predicted molar refractivity (Wildman–Crippen MR) is 80.4 cm³/mol. The van der Waals surface area contributed by atoms with Crippen LogP contribution in [0.1, 0.15) is 65.2 Å². The van der Waals surface area contributed by atoms with E-state index >= 15 is 0 Å². The molecule has 0 heterocycles. The van der Waals surface area contributed by atoms with Crippen molar-refractivity contribution in [3.63, 3.8) is 0 Å². The lowest BCUT2D eigenvalue weighted by Gasteiger charge is -2.68. The largest absolute Gasteiger partial charge is 0.478 e. The van der Waals surface area contributed by atoms with Crippen molar-refractivity contribution in [3.05, 3.63) is 12.2 Å². The fraction of sp³-hybridized carbons (Fsp3) is 0.778. The van der Waals surface area contributed by atoms with Crippen molar-refractivity contribution < 1.29 is 9.90 Å². The molecule has 0 saturated heterocycles. The molecule has 4 fully saturated rings. The molecule has 3 nitrogen and oxygen atoms in total. The SMILES string of the molecule is C=C(CCC12CC3(C)CC(C)(CC(C#N)(C3)C1)C2)C(=O)O. The van der Waals surface area contributed by atoms with E-state index in [1.54, 1.807) is 0 Å². The smallest absolute Gasteiger partial charge is 0.330 e. The Morgan fingerprint density at radius 3 is 2.19 bits per heavy atom. The molecular formula is C18H25NO2. The highest BCUT2D eigenvalue weighted by Crippen LogP contribution is 2.74. The third-order valence-electron chi connectivity index (χ3n) is 6.20. The summed E-state index contributed by atoms with van der Waals surface area (Å²) in [5, 5.41) is 18.8. The van der Waals surface area contributed by atoms with Crippen LogP contribution >= 0.6 is 0 Å². The molecule has 0 radical (unpaired) electrons. The van der Waals surface area contributed by atoms with Crippen molar-refractivity contribution >= 4 is 5.97 Å². The summed E-state index contributed by atoms with van der Waals surface area (Å²) in [5.41, 5.74) is 0.843. The van der Waals surface area contributed by atoms with Crippen LogP contribution in [0.4, 0.5) is 0 Å². The minimum Gasteiger partial charge on any atom is -0.478 e. The van der Waals surface area contributed by atoms with Gasteiger partial charge in [0.1, 0.15) is 0 Å². The second kappa shape index (κ2) is 4.12. The van der Waals surface area contributed by atoms with Crippen molar-refractivity contribution in [2.24, 2.45) is 21.7 Å². The summed E-state index contributed by atoms with van der Waals surface area (Å²) in [6.45, 7) is 8.36. The minimum atomic E-state index is -0.882. The van der Waals surface area contributed by atoms with E-state index in [0.717, 1.165) is 38.5 Å². The van der Waals surface area contributed by atoms with E-state index in [2.05, 4.69) is 26.5 Å². The van der Waals surface area contributed by atoms with E-state index in [-0.39, 0.29) is 21.7 Å². The Labute approximate surface area is 127 Å². The molecule has 0 aliphatic heterocycles. The normalized spacial score (nSPS) is 47.1. The molecular weight excluding hydrogens is 262 g/mol. The Morgan fingerprint density at radius 2 is 1.71 bits per heavy atom. The molecule has 2 atom stereocenters. The summed E-state index contributed by atoms with van der Waals surface area (Å²) < 4.78 is 0. The maximum absolute atomic E-state index is 11.0. The van der Waals surface area contributed by atoms with Gasteiger partial charge in [-0.1, -0.05) is 20.4 Å². The third-order valence-corrected chi connectivity index (χ3v) is 6.20. The highest BCUT2D eigenvalue weighted by atomic mass is 16.4. The molecule has 0 amide bonds. The average Bonchev–Trinajstić information content (AvgIpc) is 2.31. The highest BCUT2D eigenvalue weighted by Gasteiger charge is 2.65. The second-order valence-corrected chi connectivity index (χ2v) is 8.98. The second-order valence-electron chi connectivity index (χ2n) is 8.98. The summed E-state index contributed by atoms with van der Waals surface area (Å²) in [6, 6.07) is 2.66. The summed E-state index contributed by atoms with van der Waals surface area (Å²) in [4.78, 5) is 11.0. The zero-order valence-corrected chi connectivity index (χ0v) is 13.2. The molecule has 3 heteroatoms. The number of rotatable bonds is 4. The van der Waals surface area contributed by atoms with Gasteiger partial charge in [-0.3, -0.25) is 0 Å². The van der Waals surface area contributed by atoms with Gasteiger partial charge in [0.05, 0.1) is 11.5 Å². The molecule has 4 rings (SSSR count). The van der Waals surface area contributed by atoms with Crippen LogP contribution in [0.2, 0.25) is 0 Å². The van der Waals surface area contributed by atoms with Crippen molar-refractivity contribution in [1.82, 2.24) is 0 Å². The fourth-order valence-electron chi connectivity index (χ4n) is 6.85. The first kappa shape index (κ1) is 14.6. The molecule has 4 saturated carbocycles. The molecule has 0 aromatic carbocycles. The number of nitrogens with zero attached hydrogens (tertiary/aromatic N) is 1. The van der Waals surface area contributed by atoms with Crippen molar-refractivity contribution in [3.8, 4) is 6.07 Å². The van der Waals surface area contributed by atoms with E-state index in [1.165, 1.54) is 6.42 Å². The fourth-order valence-corrected chi connectivity index (χ4v) is 6.85. The maximum atomic E-state index is 11.0. The molecule has 4 aliphatic rings. The van der Waals surface area contributed by atoms with Gasteiger partial charge >= 0.3 is 5.97 Å². The van der Waals surface area contributed by atoms with Crippen LogP contribution in [0.5, 0.6) is 0 Å². The Bertz CT molecular complexity index is 538. The molecule has 114 valence electrons. The Morgan fingerprint density at radius 1 is 1.14 bits per heavy atom. The van der Waals surface area contributed by atoms with Gasteiger partial charge in [-0.25, -0.2) is 4.79 Å². The predicted octanol–water partition coefficient (Wildman–Crippen LogP) is 4.30. The van der Waals surface area contributed by atoms with Crippen LogP contribution < -0.4 is 0 Å². The van der Waals surface area contributed by atoms with Gasteiger partial charge in [0.15, 0.2) is 0 Å². The minimum absolute atomic E-state index is 0.159. The zero-order chi connectivity index (χ0) is 15.5. The average molecular weight is 287 g/mol. The van der Waals surface area contributed by atoms with Gasteiger partial charge in [0.25, 0.3) is 0 Å². The molecule has 0 spiro atoms. The van der Waals surface area contributed by atoms with Crippen LogP contribution in [0.25, 0.3) is 0 Å². The standard InChI is InChI=1S/C18H25NO2/c1-13(14(20)21)4-5-17-7-15(2)6-16(3,8-17)10-18(9-15,11-17)12-19/h1,4-11H2,2-3H3,(H,20,21). The molecule has 0 aromatic heterocycles. The van der Waals surface area contributed by atoms with E-state index in [4.69, 9.17) is 5.11 Å². The van der Waals surface area contributed by atoms with Crippen molar-refractivity contribution in [1.29, 1.82) is 5.26 Å². The lowest BCUT2D eigenvalue weighted by Crippen LogP contribution is -2.59. The number of carboxylic acids is 1. The number of hydrogen-bond acceptors (Lipinski definition) is 2. The van der Waals surface area contributed by atoms with Gasteiger partial charge in [-0.05, 0) is 67.6 Å². The van der Waals surface area contributed by atoms with Crippen LogP contribution in [0, 0.1) is 33.0 Å². The molecule has 4 bridgehead atoms. The Hall–Kier alpha value is -1.30. The quantitative estimate of drug-likeness (QED) is 0.784. The molecule has 1 N–H and O–H groups in total. The van der Waals surface area contributed by atoms with E-state index < -0.39 is 5.97 Å². The maximum Gasteiger partial charge on any atom is 0.330 e. The number of carbonyl (C=O) groups is 1. The number of nitriles is 1. The van der Waals surface area contributed by atoms with Gasteiger partial charge in [-0.15, -0.1) is 0 Å². The molecule has 4 aliphatic carbocycles. The summed E-state index contributed by atoms with van der Waals surface area (Å²) in [7, 11) is 0. The van der Waals surface area contributed by atoms with Gasteiger partial charge < -0.3 is 5.11 Å². The first-order valence-corrected chi connectivity index (χ1v) is 7.95. The van der Waals surface area contributed by atoms with Gasteiger partial charge in [0, 0.05) is 5.57 Å². The highest BCUT2D eigenvalue weighted by molar-refractivity contribution is 5.85. The molecule has 21 heavy (non-hydrogen) atoms. The van der Waals surface area contributed by atoms with Crippen molar-refractivity contribution in [2.75, 3.05) is 0 Å². The van der Waals surface area contributed by atoms with E-state index in [0.29, 0.717) is 12.0 Å².